The smallest absolute Gasteiger partial charge is 0.0665 e. The molecule has 0 aromatic heterocycles. The summed E-state index contributed by atoms with van der Waals surface area (Å²) in [5.74, 6) is 0. The van der Waals surface area contributed by atoms with Crippen LogP contribution in [0.25, 0.3) is 0 Å². The first-order chi connectivity index (χ1) is 8.70. The molecule has 2 heteroatoms. The van der Waals surface area contributed by atoms with Crippen LogP contribution < -0.4 is 5.32 Å². The summed E-state index contributed by atoms with van der Waals surface area (Å²) in [4.78, 5) is 0. The first-order valence-corrected chi connectivity index (χ1v) is 7.13. The van der Waals surface area contributed by atoms with E-state index in [1.165, 1.54) is 36.0 Å². The predicted molar refractivity (Wildman–Crippen MR) is 75.9 cm³/mol. The Morgan fingerprint density at radius 1 is 1.28 bits per heavy atom. The van der Waals surface area contributed by atoms with Crippen LogP contribution in [0.3, 0.4) is 0 Å². The highest BCUT2D eigenvalue weighted by molar-refractivity contribution is 5.31. The minimum Gasteiger partial charge on any atom is -0.376 e. The number of aryl methyl sites for hydroxylation is 2. The van der Waals surface area contributed by atoms with E-state index in [4.69, 9.17) is 4.74 Å². The molecule has 1 atom stereocenters. The van der Waals surface area contributed by atoms with Crippen molar-refractivity contribution in [3.63, 3.8) is 0 Å². The third-order valence-corrected chi connectivity index (χ3v) is 3.93. The molecule has 0 saturated heterocycles. The van der Waals surface area contributed by atoms with Crippen LogP contribution in [0, 0.1) is 13.8 Å². The average Bonchev–Trinajstić information content (AvgIpc) is 2.29. The number of hydrogen-bond acceptors (Lipinski definition) is 2. The zero-order valence-corrected chi connectivity index (χ0v) is 11.8. The molecule has 18 heavy (non-hydrogen) atoms. The fourth-order valence-corrected chi connectivity index (χ4v) is 2.27. The molecule has 1 aromatic carbocycles. The summed E-state index contributed by atoms with van der Waals surface area (Å²) in [6.45, 7) is 8.25. The van der Waals surface area contributed by atoms with Crippen molar-refractivity contribution in [3.05, 3.63) is 34.9 Å². The van der Waals surface area contributed by atoms with Crippen LogP contribution in [0.1, 0.15) is 48.9 Å². The van der Waals surface area contributed by atoms with E-state index in [2.05, 4.69) is 44.3 Å². The zero-order chi connectivity index (χ0) is 13.0. The van der Waals surface area contributed by atoms with Crippen LogP contribution in [0.5, 0.6) is 0 Å². The fourth-order valence-electron chi connectivity index (χ4n) is 2.27. The maximum absolute atomic E-state index is 5.95. The van der Waals surface area contributed by atoms with Crippen molar-refractivity contribution in [2.45, 2.75) is 52.2 Å². The maximum atomic E-state index is 5.95. The minimum absolute atomic E-state index is 0.329. The van der Waals surface area contributed by atoms with E-state index < -0.39 is 0 Å². The summed E-state index contributed by atoms with van der Waals surface area (Å²) in [6, 6.07) is 7.04. The van der Waals surface area contributed by atoms with E-state index in [-0.39, 0.29) is 0 Å². The van der Waals surface area contributed by atoms with Gasteiger partial charge >= 0.3 is 0 Å². The second-order valence-electron chi connectivity index (χ2n) is 5.34. The van der Waals surface area contributed by atoms with E-state index in [1.807, 2.05) is 0 Å². The summed E-state index contributed by atoms with van der Waals surface area (Å²) in [7, 11) is 0. The molecule has 0 amide bonds. The van der Waals surface area contributed by atoms with Crippen molar-refractivity contribution in [3.8, 4) is 0 Å². The van der Waals surface area contributed by atoms with Crippen molar-refractivity contribution < 1.29 is 4.74 Å². The van der Waals surface area contributed by atoms with Gasteiger partial charge in [0.2, 0.25) is 0 Å². The Labute approximate surface area is 111 Å². The molecule has 1 fully saturated rings. The van der Waals surface area contributed by atoms with Crippen LogP contribution >= 0.6 is 0 Å². The Hall–Kier alpha value is -0.860. The van der Waals surface area contributed by atoms with Gasteiger partial charge in [-0.05, 0) is 56.3 Å². The fraction of sp³-hybridized carbons (Fsp3) is 0.625. The third kappa shape index (κ3) is 3.33. The van der Waals surface area contributed by atoms with Crippen LogP contribution in [-0.2, 0) is 4.74 Å². The molecule has 0 spiro atoms. The molecule has 1 saturated carbocycles. The molecule has 0 radical (unpaired) electrons. The summed E-state index contributed by atoms with van der Waals surface area (Å²) in [6.07, 6.45) is 4.33. The minimum atomic E-state index is 0.329. The molecule has 1 aromatic rings. The molecule has 2 rings (SSSR count). The highest BCUT2D eigenvalue weighted by Crippen LogP contribution is 2.24. The SMILES string of the molecule is CCNC(COC1CCC1)c1ccc(C)c(C)c1. The molecule has 0 heterocycles. The summed E-state index contributed by atoms with van der Waals surface area (Å²) in [5, 5.41) is 3.52. The van der Waals surface area contributed by atoms with Crippen LogP contribution in [0.4, 0.5) is 0 Å². The van der Waals surface area contributed by atoms with E-state index in [1.54, 1.807) is 0 Å². The van der Waals surface area contributed by atoms with Gasteiger partial charge in [-0.3, -0.25) is 0 Å². The predicted octanol–water partition coefficient (Wildman–Crippen LogP) is 3.52. The van der Waals surface area contributed by atoms with Gasteiger partial charge in [0.25, 0.3) is 0 Å². The molecule has 0 aliphatic heterocycles. The van der Waals surface area contributed by atoms with Gasteiger partial charge in [0.15, 0.2) is 0 Å². The molecular weight excluding hydrogens is 222 g/mol. The second kappa shape index (κ2) is 6.35. The molecule has 1 N–H and O–H groups in total. The molecule has 2 nitrogen and oxygen atoms in total. The normalized spacial score (nSPS) is 17.5. The van der Waals surface area contributed by atoms with Gasteiger partial charge in [-0.15, -0.1) is 0 Å². The van der Waals surface area contributed by atoms with Crippen molar-refractivity contribution in [1.82, 2.24) is 5.32 Å². The first-order valence-electron chi connectivity index (χ1n) is 7.13. The average molecular weight is 247 g/mol. The van der Waals surface area contributed by atoms with E-state index in [0.717, 1.165) is 13.2 Å². The molecule has 1 unspecified atom stereocenters. The second-order valence-corrected chi connectivity index (χ2v) is 5.34. The monoisotopic (exact) mass is 247 g/mol. The van der Waals surface area contributed by atoms with E-state index in [9.17, 15) is 0 Å². The lowest BCUT2D eigenvalue weighted by Crippen LogP contribution is -2.30. The number of nitrogens with one attached hydrogen (secondary N) is 1. The van der Waals surface area contributed by atoms with Crippen molar-refractivity contribution >= 4 is 0 Å². The quantitative estimate of drug-likeness (QED) is 0.830. The summed E-state index contributed by atoms with van der Waals surface area (Å²) >= 11 is 0. The maximum Gasteiger partial charge on any atom is 0.0665 e. The highest BCUT2D eigenvalue weighted by Gasteiger charge is 2.20. The Morgan fingerprint density at radius 2 is 2.06 bits per heavy atom. The topological polar surface area (TPSA) is 21.3 Å². The van der Waals surface area contributed by atoms with Crippen LogP contribution in [0.2, 0.25) is 0 Å². The lowest BCUT2D eigenvalue weighted by molar-refractivity contribution is -0.00861. The van der Waals surface area contributed by atoms with Gasteiger partial charge in [0.05, 0.1) is 18.8 Å². The number of benzene rings is 1. The van der Waals surface area contributed by atoms with Gasteiger partial charge in [0.1, 0.15) is 0 Å². The van der Waals surface area contributed by atoms with Crippen molar-refractivity contribution in [2.24, 2.45) is 0 Å². The zero-order valence-electron chi connectivity index (χ0n) is 11.8. The van der Waals surface area contributed by atoms with E-state index >= 15 is 0 Å². The number of hydrogen-bond donors (Lipinski definition) is 1. The highest BCUT2D eigenvalue weighted by atomic mass is 16.5. The molecule has 0 bridgehead atoms. The van der Waals surface area contributed by atoms with Gasteiger partial charge in [-0.25, -0.2) is 0 Å². The lowest BCUT2D eigenvalue weighted by Gasteiger charge is -2.28. The standard InChI is InChI=1S/C16H25NO/c1-4-17-16(11-18-15-6-5-7-15)14-9-8-12(2)13(3)10-14/h8-10,15-17H,4-7,11H2,1-3H3. The Bertz CT molecular complexity index is 385. The summed E-state index contributed by atoms with van der Waals surface area (Å²) < 4.78 is 5.95. The lowest BCUT2D eigenvalue weighted by atomic mass is 9.96. The van der Waals surface area contributed by atoms with Crippen molar-refractivity contribution in [1.29, 1.82) is 0 Å². The Balaban J connectivity index is 1.99. The van der Waals surface area contributed by atoms with Gasteiger partial charge in [-0.1, -0.05) is 25.1 Å². The van der Waals surface area contributed by atoms with Gasteiger partial charge in [0, 0.05) is 0 Å². The van der Waals surface area contributed by atoms with Crippen LogP contribution in [-0.4, -0.2) is 19.3 Å². The van der Waals surface area contributed by atoms with Crippen molar-refractivity contribution in [2.75, 3.05) is 13.2 Å². The largest absolute Gasteiger partial charge is 0.376 e. The molecule has 1 aliphatic rings. The third-order valence-electron chi connectivity index (χ3n) is 3.93. The molecule has 100 valence electrons. The molecular formula is C16H25NO. The van der Waals surface area contributed by atoms with E-state index in [0.29, 0.717) is 12.1 Å². The number of ether oxygens (including phenoxy) is 1. The molecule has 1 aliphatic carbocycles. The first kappa shape index (κ1) is 13.6. The van der Waals surface area contributed by atoms with Crippen LogP contribution in [0.15, 0.2) is 18.2 Å². The van der Waals surface area contributed by atoms with Gasteiger partial charge < -0.3 is 10.1 Å². The number of rotatable bonds is 6. The van der Waals surface area contributed by atoms with Gasteiger partial charge in [-0.2, -0.15) is 0 Å². The Kier molecular flexibility index (Phi) is 4.79. The summed E-state index contributed by atoms with van der Waals surface area (Å²) in [5.41, 5.74) is 4.06. The number of likely N-dealkylation sites (N-methyl/N-ethyl adjacent to an activating group) is 1. The Morgan fingerprint density at radius 3 is 2.61 bits per heavy atom.